The van der Waals surface area contributed by atoms with Crippen molar-refractivity contribution in [3.05, 3.63) is 45.2 Å². The molecular weight excluding hydrogens is 362 g/mol. The summed E-state index contributed by atoms with van der Waals surface area (Å²) in [6, 6.07) is 7.04. The Kier molecular flexibility index (Phi) is 6.50. The second kappa shape index (κ2) is 8.40. The van der Waals surface area contributed by atoms with Crippen molar-refractivity contribution in [3.63, 3.8) is 0 Å². The van der Waals surface area contributed by atoms with E-state index in [1.165, 1.54) is 17.7 Å². The lowest BCUT2D eigenvalue weighted by molar-refractivity contribution is 0.415. The van der Waals surface area contributed by atoms with Gasteiger partial charge in [-0.25, -0.2) is 4.21 Å². The zero-order valence-electron chi connectivity index (χ0n) is 14.7. The zero-order chi connectivity index (χ0) is 18.6. The standard InChI is InChI=1S/C17H22ClN3O3S/c1-5-11-7-8-13(12(18)9-11)19-17-16(20-25(23)6-2)14(24-4)10-15(22)21(17)3/h7-10,19-20H,5-6H2,1-4H3. The molecular formula is C17H22ClN3O3S. The van der Waals surface area contributed by atoms with Gasteiger partial charge in [0.05, 0.1) is 17.8 Å². The maximum Gasteiger partial charge on any atom is 0.255 e. The van der Waals surface area contributed by atoms with E-state index in [-0.39, 0.29) is 5.56 Å². The molecule has 0 saturated carbocycles. The van der Waals surface area contributed by atoms with E-state index in [2.05, 4.69) is 10.0 Å². The first-order valence-corrected chi connectivity index (χ1v) is 9.59. The second-order valence-electron chi connectivity index (χ2n) is 5.36. The Morgan fingerprint density at radius 1 is 1.28 bits per heavy atom. The van der Waals surface area contributed by atoms with Crippen molar-refractivity contribution >= 4 is 39.8 Å². The Balaban J connectivity index is 2.56. The second-order valence-corrected chi connectivity index (χ2v) is 7.24. The van der Waals surface area contributed by atoms with Crippen molar-refractivity contribution in [3.8, 4) is 5.75 Å². The molecule has 0 aliphatic carbocycles. The summed E-state index contributed by atoms with van der Waals surface area (Å²) in [4.78, 5) is 12.2. The smallest absolute Gasteiger partial charge is 0.255 e. The van der Waals surface area contributed by atoms with E-state index in [1.54, 1.807) is 14.0 Å². The highest BCUT2D eigenvalue weighted by atomic mass is 35.5. The van der Waals surface area contributed by atoms with Gasteiger partial charge in [0.2, 0.25) is 0 Å². The largest absolute Gasteiger partial charge is 0.494 e. The molecule has 0 aliphatic rings. The maximum absolute atomic E-state index is 12.2. The maximum atomic E-state index is 12.2. The minimum atomic E-state index is -1.30. The number of halogens is 1. The van der Waals surface area contributed by atoms with Crippen molar-refractivity contribution in [1.82, 2.24) is 4.57 Å². The number of rotatable bonds is 7. The minimum absolute atomic E-state index is 0.256. The summed E-state index contributed by atoms with van der Waals surface area (Å²) < 4.78 is 21.6. The predicted octanol–water partition coefficient (Wildman–Crippen LogP) is 3.45. The van der Waals surface area contributed by atoms with E-state index in [4.69, 9.17) is 16.3 Å². The first-order chi connectivity index (χ1) is 11.9. The zero-order valence-corrected chi connectivity index (χ0v) is 16.3. The Morgan fingerprint density at radius 3 is 2.56 bits per heavy atom. The van der Waals surface area contributed by atoms with E-state index in [0.717, 1.165) is 12.0 Å². The number of methoxy groups -OCH3 is 1. The fraction of sp³-hybridized carbons (Fsp3) is 0.353. The van der Waals surface area contributed by atoms with Crippen LogP contribution in [0.15, 0.2) is 29.1 Å². The molecule has 0 amide bonds. The van der Waals surface area contributed by atoms with E-state index in [1.807, 2.05) is 25.1 Å². The van der Waals surface area contributed by atoms with E-state index in [0.29, 0.717) is 33.7 Å². The lowest BCUT2D eigenvalue weighted by Crippen LogP contribution is -2.22. The third-order valence-corrected chi connectivity index (χ3v) is 5.07. The Hall–Kier alpha value is -1.99. The molecule has 1 heterocycles. The molecule has 2 aromatic rings. The number of hydrogen-bond donors (Lipinski definition) is 2. The van der Waals surface area contributed by atoms with Crippen molar-refractivity contribution in [1.29, 1.82) is 0 Å². The summed E-state index contributed by atoms with van der Waals surface area (Å²) in [7, 11) is 1.78. The van der Waals surface area contributed by atoms with Gasteiger partial charge >= 0.3 is 0 Å². The first kappa shape index (κ1) is 19.3. The summed E-state index contributed by atoms with van der Waals surface area (Å²) in [6.45, 7) is 3.84. The third-order valence-electron chi connectivity index (χ3n) is 3.80. The van der Waals surface area contributed by atoms with Crippen LogP contribution >= 0.6 is 11.6 Å². The Bertz CT molecular complexity index is 852. The van der Waals surface area contributed by atoms with Gasteiger partial charge in [-0.1, -0.05) is 31.5 Å². The van der Waals surface area contributed by atoms with Gasteiger partial charge in [-0.3, -0.25) is 14.1 Å². The fourth-order valence-corrected chi connectivity index (χ4v) is 3.09. The summed E-state index contributed by atoms with van der Waals surface area (Å²) >= 11 is 6.35. The van der Waals surface area contributed by atoms with Crippen molar-refractivity contribution in [2.45, 2.75) is 20.3 Å². The minimum Gasteiger partial charge on any atom is -0.494 e. The molecule has 0 saturated heterocycles. The molecule has 2 N–H and O–H groups in total. The molecule has 0 bridgehead atoms. The average molecular weight is 384 g/mol. The van der Waals surface area contributed by atoms with Crippen LogP contribution in [0.3, 0.4) is 0 Å². The quantitative estimate of drug-likeness (QED) is 0.768. The van der Waals surface area contributed by atoms with Crippen molar-refractivity contribution in [2.75, 3.05) is 22.9 Å². The number of nitrogens with zero attached hydrogens (tertiary/aromatic N) is 1. The number of benzene rings is 1. The Morgan fingerprint density at radius 2 is 2.00 bits per heavy atom. The van der Waals surface area contributed by atoms with Crippen LogP contribution in [0.1, 0.15) is 19.4 Å². The van der Waals surface area contributed by atoms with E-state index < -0.39 is 11.0 Å². The lowest BCUT2D eigenvalue weighted by Gasteiger charge is -2.19. The highest BCUT2D eigenvalue weighted by molar-refractivity contribution is 7.86. The summed E-state index contributed by atoms with van der Waals surface area (Å²) in [5.74, 6) is 1.16. The van der Waals surface area contributed by atoms with E-state index in [9.17, 15) is 9.00 Å². The molecule has 6 nitrogen and oxygen atoms in total. The molecule has 1 aromatic carbocycles. The molecule has 1 atom stereocenters. The number of aromatic nitrogens is 1. The van der Waals surface area contributed by atoms with Crippen LogP contribution in [0.4, 0.5) is 17.2 Å². The van der Waals surface area contributed by atoms with Gasteiger partial charge < -0.3 is 10.1 Å². The summed E-state index contributed by atoms with van der Waals surface area (Å²) in [5, 5.41) is 3.70. The highest BCUT2D eigenvalue weighted by Gasteiger charge is 2.17. The highest BCUT2D eigenvalue weighted by Crippen LogP contribution is 2.35. The fourth-order valence-electron chi connectivity index (χ4n) is 2.28. The number of pyridine rings is 1. The molecule has 2 rings (SSSR count). The molecule has 8 heteroatoms. The van der Waals surface area contributed by atoms with Gasteiger partial charge in [0.25, 0.3) is 5.56 Å². The van der Waals surface area contributed by atoms with Crippen LogP contribution in [-0.2, 0) is 24.5 Å². The van der Waals surface area contributed by atoms with Crippen LogP contribution in [0.5, 0.6) is 5.75 Å². The number of ether oxygens (including phenoxy) is 1. The van der Waals surface area contributed by atoms with Gasteiger partial charge in [-0.2, -0.15) is 0 Å². The molecule has 1 unspecified atom stereocenters. The molecule has 0 spiro atoms. The monoisotopic (exact) mass is 383 g/mol. The van der Waals surface area contributed by atoms with Gasteiger partial charge in [0.1, 0.15) is 22.5 Å². The van der Waals surface area contributed by atoms with Crippen molar-refractivity contribution < 1.29 is 8.95 Å². The van der Waals surface area contributed by atoms with Crippen LogP contribution < -0.4 is 20.3 Å². The van der Waals surface area contributed by atoms with Crippen LogP contribution in [0, 0.1) is 0 Å². The molecule has 1 aromatic heterocycles. The summed E-state index contributed by atoms with van der Waals surface area (Å²) in [5.41, 5.74) is 1.95. The number of nitrogens with one attached hydrogen (secondary N) is 2. The van der Waals surface area contributed by atoms with Crippen LogP contribution in [-0.4, -0.2) is 21.6 Å². The van der Waals surface area contributed by atoms with E-state index >= 15 is 0 Å². The van der Waals surface area contributed by atoms with Crippen LogP contribution in [0.25, 0.3) is 0 Å². The molecule has 0 fully saturated rings. The average Bonchev–Trinajstić information content (AvgIpc) is 2.61. The van der Waals surface area contributed by atoms with Gasteiger partial charge in [0.15, 0.2) is 5.75 Å². The topological polar surface area (TPSA) is 72.4 Å². The Labute approximate surface area is 154 Å². The third kappa shape index (κ3) is 4.35. The predicted molar refractivity (Wildman–Crippen MR) is 105 cm³/mol. The lowest BCUT2D eigenvalue weighted by atomic mass is 10.1. The summed E-state index contributed by atoms with van der Waals surface area (Å²) in [6.07, 6.45) is 0.875. The molecule has 25 heavy (non-hydrogen) atoms. The number of anilines is 3. The van der Waals surface area contributed by atoms with Crippen LogP contribution in [0.2, 0.25) is 5.02 Å². The van der Waals surface area contributed by atoms with Gasteiger partial charge in [-0.15, -0.1) is 0 Å². The molecule has 136 valence electrons. The van der Waals surface area contributed by atoms with Crippen molar-refractivity contribution in [2.24, 2.45) is 7.05 Å². The molecule has 0 aliphatic heterocycles. The van der Waals surface area contributed by atoms with Gasteiger partial charge in [-0.05, 0) is 24.1 Å². The number of hydrogen-bond acceptors (Lipinski definition) is 4. The van der Waals surface area contributed by atoms with Gasteiger partial charge in [0, 0.05) is 18.9 Å². The SMILES string of the molecule is CCc1ccc(Nc2c(NS(=O)CC)c(OC)cc(=O)n2C)c(Cl)c1. The first-order valence-electron chi connectivity index (χ1n) is 7.89. The number of aryl methyl sites for hydroxylation is 1. The normalized spacial score (nSPS) is 11.9. The molecule has 0 radical (unpaired) electrons.